The Balaban J connectivity index is 1.37. The van der Waals surface area contributed by atoms with Crippen LogP contribution in [0.1, 0.15) is 52.8 Å². The van der Waals surface area contributed by atoms with Crippen LogP contribution in [0.3, 0.4) is 0 Å². The fourth-order valence-corrected chi connectivity index (χ4v) is 5.83. The first kappa shape index (κ1) is 26.1. The molecule has 42 heavy (non-hydrogen) atoms. The molecule has 0 bridgehead atoms. The maximum Gasteiger partial charge on any atom is 0.137 e. The normalized spacial score (nSPS) is 12.5. The molecule has 5 nitrogen and oxygen atoms in total. The number of hydrogen-bond acceptors (Lipinski definition) is 4. The number of ether oxygens (including phenoxy) is 1. The molecule has 0 saturated heterocycles. The summed E-state index contributed by atoms with van der Waals surface area (Å²) in [6.45, 7) is 13.3. The third-order valence-electron chi connectivity index (χ3n) is 7.95. The Morgan fingerprint density at radius 2 is 1.33 bits per heavy atom. The molecule has 0 saturated carbocycles. The molecule has 0 atom stereocenters. The highest BCUT2D eigenvalue weighted by Crippen LogP contribution is 2.37. The molecule has 0 aliphatic heterocycles. The standard InChI is InChI=1S/C37H34N4O/c1-36(2,3)23-17-19-38-33(20-23)41-31-12-8-7-10-26(31)27-15-13-25(22-32(27)41)42-24-14-16-30-29(21-24)34-28(11-9-18-39-34)35(40-30)37(4,5)6/h7-22H,1-6H3. The van der Waals surface area contributed by atoms with E-state index in [4.69, 9.17) is 19.7 Å². The number of aromatic nitrogens is 4. The highest BCUT2D eigenvalue weighted by atomic mass is 16.5. The Labute approximate surface area is 245 Å². The lowest BCUT2D eigenvalue weighted by molar-refractivity contribution is 0.484. The quantitative estimate of drug-likeness (QED) is 0.206. The Bertz CT molecular complexity index is 2140. The molecule has 4 heterocycles. The van der Waals surface area contributed by atoms with Gasteiger partial charge in [-0.05, 0) is 71.6 Å². The zero-order valence-corrected chi connectivity index (χ0v) is 24.9. The van der Waals surface area contributed by atoms with E-state index in [2.05, 4.69) is 107 Å². The summed E-state index contributed by atoms with van der Waals surface area (Å²) in [5.74, 6) is 2.40. The predicted octanol–water partition coefficient (Wildman–Crippen LogP) is 9.66. The molecule has 3 aromatic carbocycles. The van der Waals surface area contributed by atoms with Crippen molar-refractivity contribution in [1.29, 1.82) is 0 Å². The maximum atomic E-state index is 6.52. The number of para-hydroxylation sites is 1. The van der Waals surface area contributed by atoms with E-state index in [1.54, 1.807) is 0 Å². The molecule has 0 unspecified atom stereocenters. The summed E-state index contributed by atoms with van der Waals surface area (Å²) >= 11 is 0. The zero-order chi connectivity index (χ0) is 29.2. The lowest BCUT2D eigenvalue weighted by Gasteiger charge is -2.21. The third-order valence-corrected chi connectivity index (χ3v) is 7.95. The molecule has 4 aromatic heterocycles. The summed E-state index contributed by atoms with van der Waals surface area (Å²) in [6.07, 6.45) is 3.75. The van der Waals surface area contributed by atoms with E-state index in [-0.39, 0.29) is 10.8 Å². The molecule has 0 aliphatic carbocycles. The van der Waals surface area contributed by atoms with Crippen LogP contribution in [0.4, 0.5) is 0 Å². The van der Waals surface area contributed by atoms with Crippen molar-refractivity contribution in [3.63, 3.8) is 0 Å². The van der Waals surface area contributed by atoms with E-state index in [0.29, 0.717) is 0 Å². The van der Waals surface area contributed by atoms with E-state index >= 15 is 0 Å². The minimum atomic E-state index is -0.0975. The number of nitrogens with zero attached hydrogens (tertiary/aromatic N) is 4. The summed E-state index contributed by atoms with van der Waals surface area (Å²) < 4.78 is 8.76. The van der Waals surface area contributed by atoms with Crippen molar-refractivity contribution in [2.45, 2.75) is 52.4 Å². The maximum absolute atomic E-state index is 6.52. The second-order valence-electron chi connectivity index (χ2n) is 13.1. The van der Waals surface area contributed by atoms with Crippen molar-refractivity contribution in [3.8, 4) is 17.3 Å². The van der Waals surface area contributed by atoms with E-state index in [1.165, 1.54) is 10.9 Å². The Hall–Kier alpha value is -4.77. The van der Waals surface area contributed by atoms with Gasteiger partial charge in [-0.1, -0.05) is 59.7 Å². The molecule has 0 spiro atoms. The van der Waals surface area contributed by atoms with Gasteiger partial charge in [0.25, 0.3) is 0 Å². The van der Waals surface area contributed by atoms with Crippen molar-refractivity contribution in [2.75, 3.05) is 0 Å². The van der Waals surface area contributed by atoms with Crippen LogP contribution >= 0.6 is 0 Å². The van der Waals surface area contributed by atoms with Gasteiger partial charge < -0.3 is 4.74 Å². The minimum absolute atomic E-state index is 0.0162. The lowest BCUT2D eigenvalue weighted by atomic mass is 9.88. The van der Waals surface area contributed by atoms with Crippen LogP contribution in [-0.4, -0.2) is 19.5 Å². The molecular weight excluding hydrogens is 516 g/mol. The van der Waals surface area contributed by atoms with Crippen molar-refractivity contribution in [2.24, 2.45) is 0 Å². The first-order chi connectivity index (χ1) is 20.1. The van der Waals surface area contributed by atoms with Gasteiger partial charge in [-0.25, -0.2) is 4.98 Å². The fourth-order valence-electron chi connectivity index (χ4n) is 5.83. The third kappa shape index (κ3) is 4.37. The molecule has 0 amide bonds. The predicted molar refractivity (Wildman–Crippen MR) is 173 cm³/mol. The summed E-state index contributed by atoms with van der Waals surface area (Å²) in [5.41, 5.74) is 6.24. The fraction of sp³-hybridized carbons (Fsp3) is 0.216. The molecule has 0 radical (unpaired) electrons. The van der Waals surface area contributed by atoms with Gasteiger partial charge in [0.15, 0.2) is 0 Å². The summed E-state index contributed by atoms with van der Waals surface area (Å²) in [5, 5.41) is 4.40. The van der Waals surface area contributed by atoms with Gasteiger partial charge in [0.1, 0.15) is 17.3 Å². The van der Waals surface area contributed by atoms with Gasteiger partial charge in [0.2, 0.25) is 0 Å². The molecule has 0 fully saturated rings. The van der Waals surface area contributed by atoms with Crippen LogP contribution in [0.5, 0.6) is 11.5 Å². The summed E-state index contributed by atoms with van der Waals surface area (Å²) in [7, 11) is 0. The number of rotatable bonds is 3. The summed E-state index contributed by atoms with van der Waals surface area (Å²) in [6, 6.07) is 29.2. The largest absolute Gasteiger partial charge is 0.457 e. The van der Waals surface area contributed by atoms with Gasteiger partial charge in [-0.3, -0.25) is 14.5 Å². The van der Waals surface area contributed by atoms with Gasteiger partial charge in [0, 0.05) is 45.4 Å². The van der Waals surface area contributed by atoms with Gasteiger partial charge >= 0.3 is 0 Å². The minimum Gasteiger partial charge on any atom is -0.457 e. The van der Waals surface area contributed by atoms with E-state index in [9.17, 15) is 0 Å². The van der Waals surface area contributed by atoms with Crippen molar-refractivity contribution >= 4 is 43.6 Å². The first-order valence-electron chi connectivity index (χ1n) is 14.4. The van der Waals surface area contributed by atoms with E-state index in [0.717, 1.165) is 61.2 Å². The highest BCUT2D eigenvalue weighted by molar-refractivity contribution is 6.09. The van der Waals surface area contributed by atoms with Crippen molar-refractivity contribution in [3.05, 3.63) is 109 Å². The molecule has 5 heteroatoms. The summed E-state index contributed by atoms with van der Waals surface area (Å²) in [4.78, 5) is 14.6. The van der Waals surface area contributed by atoms with Crippen LogP contribution in [0, 0.1) is 0 Å². The van der Waals surface area contributed by atoms with Crippen molar-refractivity contribution in [1.82, 2.24) is 19.5 Å². The van der Waals surface area contributed by atoms with Crippen LogP contribution in [0.25, 0.3) is 49.4 Å². The average molecular weight is 551 g/mol. The molecule has 208 valence electrons. The van der Waals surface area contributed by atoms with Crippen molar-refractivity contribution < 1.29 is 4.74 Å². The number of pyridine rings is 3. The smallest absolute Gasteiger partial charge is 0.137 e. The van der Waals surface area contributed by atoms with Gasteiger partial charge in [0.05, 0.1) is 27.8 Å². The van der Waals surface area contributed by atoms with E-state index < -0.39 is 0 Å². The topological polar surface area (TPSA) is 52.8 Å². The average Bonchev–Trinajstić information content (AvgIpc) is 3.29. The van der Waals surface area contributed by atoms with Crippen LogP contribution < -0.4 is 4.74 Å². The lowest BCUT2D eigenvalue weighted by Crippen LogP contribution is -2.14. The van der Waals surface area contributed by atoms with Crippen LogP contribution in [0.15, 0.2) is 97.3 Å². The second-order valence-corrected chi connectivity index (χ2v) is 13.1. The van der Waals surface area contributed by atoms with Crippen LogP contribution in [0.2, 0.25) is 0 Å². The zero-order valence-electron chi connectivity index (χ0n) is 24.9. The SMILES string of the molecule is CC(C)(C)c1ccnc(-n2c3ccccc3c3ccc(Oc4ccc5nc(C(C)(C)C)c6cccnc6c5c4)cc32)c1. The van der Waals surface area contributed by atoms with E-state index in [1.807, 2.05) is 36.7 Å². The van der Waals surface area contributed by atoms with Gasteiger partial charge in [-0.2, -0.15) is 0 Å². The first-order valence-corrected chi connectivity index (χ1v) is 14.4. The van der Waals surface area contributed by atoms with Crippen LogP contribution in [-0.2, 0) is 10.8 Å². The number of benzene rings is 3. The Kier molecular flexibility index (Phi) is 5.84. The monoisotopic (exact) mass is 550 g/mol. The van der Waals surface area contributed by atoms with Gasteiger partial charge in [-0.15, -0.1) is 0 Å². The molecular formula is C37H34N4O. The number of hydrogen-bond donors (Lipinski definition) is 0. The highest BCUT2D eigenvalue weighted by Gasteiger charge is 2.22. The molecule has 0 N–H and O–H groups in total. The Morgan fingerprint density at radius 3 is 2.14 bits per heavy atom. The molecule has 7 rings (SSSR count). The Morgan fingerprint density at radius 1 is 0.595 bits per heavy atom. The molecule has 0 aliphatic rings. The molecule has 7 aromatic rings. The second kappa shape index (κ2) is 9.38. The number of fused-ring (bicyclic) bond motifs is 6.